The molecule has 4 heteroatoms. The van der Waals surface area contributed by atoms with Crippen molar-refractivity contribution in [3.8, 4) is 0 Å². The molecule has 1 atom stereocenters. The SMILES string of the molecule is C=CCCC(NCC)c1ccc(F)c(F)c1Br. The van der Waals surface area contributed by atoms with Crippen molar-refractivity contribution in [1.82, 2.24) is 5.32 Å². The van der Waals surface area contributed by atoms with Gasteiger partial charge in [-0.1, -0.05) is 19.1 Å². The van der Waals surface area contributed by atoms with Gasteiger partial charge in [0.1, 0.15) is 0 Å². The number of halogens is 3. The average Bonchev–Trinajstić information content (AvgIpc) is 2.32. The van der Waals surface area contributed by atoms with Crippen LogP contribution in [0.2, 0.25) is 0 Å². The lowest BCUT2D eigenvalue weighted by atomic mass is 10.0. The number of nitrogens with one attached hydrogen (secondary N) is 1. The maximum atomic E-state index is 13.4. The summed E-state index contributed by atoms with van der Waals surface area (Å²) in [4.78, 5) is 0. The quantitative estimate of drug-likeness (QED) is 0.609. The zero-order valence-corrected chi connectivity index (χ0v) is 11.4. The van der Waals surface area contributed by atoms with Gasteiger partial charge in [-0.2, -0.15) is 0 Å². The minimum Gasteiger partial charge on any atom is -0.310 e. The molecule has 0 spiro atoms. The van der Waals surface area contributed by atoms with Crippen molar-refractivity contribution in [1.29, 1.82) is 0 Å². The van der Waals surface area contributed by atoms with Crippen LogP contribution in [0.25, 0.3) is 0 Å². The standard InChI is InChI=1S/C13H16BrF2N/c1-3-5-6-11(17-4-2)9-7-8-10(15)13(16)12(9)14/h3,7-8,11,17H,1,4-6H2,2H3. The fraction of sp³-hybridized carbons (Fsp3) is 0.385. The summed E-state index contributed by atoms with van der Waals surface area (Å²) in [5.74, 6) is -1.66. The van der Waals surface area contributed by atoms with Crippen LogP contribution in [-0.4, -0.2) is 6.54 Å². The Balaban J connectivity index is 3.00. The topological polar surface area (TPSA) is 12.0 Å². The first-order chi connectivity index (χ1) is 8.11. The number of hydrogen-bond donors (Lipinski definition) is 1. The molecule has 1 N–H and O–H groups in total. The molecule has 0 radical (unpaired) electrons. The summed E-state index contributed by atoms with van der Waals surface area (Å²) < 4.78 is 26.7. The van der Waals surface area contributed by atoms with Gasteiger partial charge in [-0.15, -0.1) is 6.58 Å². The van der Waals surface area contributed by atoms with Gasteiger partial charge in [0.15, 0.2) is 11.6 Å². The molecular formula is C13H16BrF2N. The van der Waals surface area contributed by atoms with Crippen molar-refractivity contribution < 1.29 is 8.78 Å². The first-order valence-corrected chi connectivity index (χ1v) is 6.38. The van der Waals surface area contributed by atoms with Crippen molar-refractivity contribution in [3.63, 3.8) is 0 Å². The van der Waals surface area contributed by atoms with Gasteiger partial charge in [-0.05, 0) is 46.9 Å². The van der Waals surface area contributed by atoms with Crippen molar-refractivity contribution in [3.05, 3.63) is 46.5 Å². The summed E-state index contributed by atoms with van der Waals surface area (Å²) in [7, 11) is 0. The second-order valence-corrected chi connectivity index (χ2v) is 4.53. The van der Waals surface area contributed by atoms with Gasteiger partial charge in [-0.3, -0.25) is 0 Å². The molecule has 1 nitrogen and oxygen atoms in total. The molecule has 0 aliphatic rings. The fourth-order valence-corrected chi connectivity index (χ4v) is 2.31. The molecule has 94 valence electrons. The highest BCUT2D eigenvalue weighted by Crippen LogP contribution is 2.30. The lowest BCUT2D eigenvalue weighted by molar-refractivity contribution is 0.484. The third-order valence-corrected chi connectivity index (χ3v) is 3.36. The van der Waals surface area contributed by atoms with E-state index >= 15 is 0 Å². The van der Waals surface area contributed by atoms with Gasteiger partial charge in [0.2, 0.25) is 0 Å². The second kappa shape index (κ2) is 6.87. The molecule has 0 saturated heterocycles. The Morgan fingerprint density at radius 1 is 1.47 bits per heavy atom. The minimum absolute atomic E-state index is 0.00229. The van der Waals surface area contributed by atoms with Gasteiger partial charge in [0.25, 0.3) is 0 Å². The highest BCUT2D eigenvalue weighted by molar-refractivity contribution is 9.10. The second-order valence-electron chi connectivity index (χ2n) is 3.74. The first kappa shape index (κ1) is 14.3. The summed E-state index contributed by atoms with van der Waals surface area (Å²) in [6, 6.07) is 2.77. The number of rotatable bonds is 6. The summed E-state index contributed by atoms with van der Waals surface area (Å²) in [5.41, 5.74) is 0.743. The molecule has 0 amide bonds. The predicted molar refractivity (Wildman–Crippen MR) is 69.9 cm³/mol. The highest BCUT2D eigenvalue weighted by Gasteiger charge is 2.17. The van der Waals surface area contributed by atoms with Crippen LogP contribution < -0.4 is 5.32 Å². The molecule has 1 unspecified atom stereocenters. The Morgan fingerprint density at radius 3 is 2.76 bits per heavy atom. The summed E-state index contributed by atoms with van der Waals surface area (Å²) in [5, 5.41) is 3.25. The summed E-state index contributed by atoms with van der Waals surface area (Å²) in [6.45, 7) is 6.42. The largest absolute Gasteiger partial charge is 0.310 e. The smallest absolute Gasteiger partial charge is 0.173 e. The Labute approximate surface area is 109 Å². The molecule has 1 aromatic carbocycles. The third-order valence-electron chi connectivity index (χ3n) is 2.55. The van der Waals surface area contributed by atoms with Crippen LogP contribution in [0.3, 0.4) is 0 Å². The van der Waals surface area contributed by atoms with E-state index < -0.39 is 11.6 Å². The van der Waals surface area contributed by atoms with Crippen molar-refractivity contribution in [2.45, 2.75) is 25.8 Å². The minimum atomic E-state index is -0.834. The van der Waals surface area contributed by atoms with E-state index in [1.54, 1.807) is 6.07 Å². The molecular weight excluding hydrogens is 288 g/mol. The van der Waals surface area contributed by atoms with Gasteiger partial charge in [-0.25, -0.2) is 8.78 Å². The molecule has 0 aliphatic carbocycles. The van der Waals surface area contributed by atoms with Gasteiger partial charge < -0.3 is 5.32 Å². The van der Waals surface area contributed by atoms with Crippen LogP contribution in [0.1, 0.15) is 31.4 Å². The van der Waals surface area contributed by atoms with Crippen LogP contribution in [-0.2, 0) is 0 Å². The van der Waals surface area contributed by atoms with Gasteiger partial charge >= 0.3 is 0 Å². The highest BCUT2D eigenvalue weighted by atomic mass is 79.9. The van der Waals surface area contributed by atoms with Gasteiger partial charge in [0.05, 0.1) is 4.47 Å². The molecule has 0 bridgehead atoms. The Morgan fingerprint density at radius 2 is 2.18 bits per heavy atom. The summed E-state index contributed by atoms with van der Waals surface area (Å²) >= 11 is 3.11. The molecule has 1 aromatic rings. The van der Waals surface area contributed by atoms with Crippen LogP contribution >= 0.6 is 15.9 Å². The van der Waals surface area contributed by atoms with Crippen molar-refractivity contribution >= 4 is 15.9 Å². The van der Waals surface area contributed by atoms with Crippen LogP contribution in [0.5, 0.6) is 0 Å². The zero-order chi connectivity index (χ0) is 12.8. The Kier molecular flexibility index (Phi) is 5.78. The van der Waals surface area contributed by atoms with Crippen molar-refractivity contribution in [2.75, 3.05) is 6.54 Å². The monoisotopic (exact) mass is 303 g/mol. The molecule has 0 fully saturated rings. The van der Waals surface area contributed by atoms with E-state index in [1.807, 2.05) is 13.0 Å². The Bertz CT molecular complexity index is 393. The van der Waals surface area contributed by atoms with E-state index in [0.717, 1.165) is 31.0 Å². The molecule has 0 aliphatic heterocycles. The number of allylic oxidation sites excluding steroid dienone is 1. The van der Waals surface area contributed by atoms with E-state index in [1.165, 1.54) is 0 Å². The van der Waals surface area contributed by atoms with E-state index in [0.29, 0.717) is 0 Å². The zero-order valence-electron chi connectivity index (χ0n) is 9.77. The molecule has 17 heavy (non-hydrogen) atoms. The van der Waals surface area contributed by atoms with E-state index in [-0.39, 0.29) is 10.5 Å². The van der Waals surface area contributed by atoms with E-state index in [2.05, 4.69) is 27.8 Å². The maximum Gasteiger partial charge on any atom is 0.173 e. The van der Waals surface area contributed by atoms with Crippen molar-refractivity contribution in [2.24, 2.45) is 0 Å². The molecule has 0 aromatic heterocycles. The maximum absolute atomic E-state index is 13.4. The predicted octanol–water partition coefficient (Wildman–Crippen LogP) is 4.34. The van der Waals surface area contributed by atoms with E-state index in [4.69, 9.17) is 0 Å². The normalized spacial score (nSPS) is 12.5. The lowest BCUT2D eigenvalue weighted by Crippen LogP contribution is -2.21. The summed E-state index contributed by atoms with van der Waals surface area (Å²) in [6.07, 6.45) is 3.45. The van der Waals surface area contributed by atoms with E-state index in [9.17, 15) is 8.78 Å². The van der Waals surface area contributed by atoms with Crippen LogP contribution in [0.15, 0.2) is 29.3 Å². The third kappa shape index (κ3) is 3.61. The lowest BCUT2D eigenvalue weighted by Gasteiger charge is -2.19. The van der Waals surface area contributed by atoms with Gasteiger partial charge in [0, 0.05) is 6.04 Å². The van der Waals surface area contributed by atoms with Crippen LogP contribution in [0, 0.1) is 11.6 Å². The molecule has 0 heterocycles. The molecule has 0 saturated carbocycles. The number of hydrogen-bond acceptors (Lipinski definition) is 1. The average molecular weight is 304 g/mol. The molecule has 1 rings (SSSR count). The fourth-order valence-electron chi connectivity index (χ4n) is 1.71. The number of benzene rings is 1. The van der Waals surface area contributed by atoms with Crippen LogP contribution in [0.4, 0.5) is 8.78 Å². The Hall–Kier alpha value is -0.740. The first-order valence-electron chi connectivity index (χ1n) is 5.59.